The molecule has 1 atom stereocenters. The van der Waals surface area contributed by atoms with Crippen LogP contribution in [0.15, 0.2) is 47.4 Å². The molecule has 0 radical (unpaired) electrons. The molecule has 1 unspecified atom stereocenters. The Morgan fingerprint density at radius 3 is 2.78 bits per heavy atom. The van der Waals surface area contributed by atoms with Crippen molar-refractivity contribution < 1.29 is 27.4 Å². The Morgan fingerprint density at radius 1 is 1.16 bits per heavy atom. The molecule has 0 spiro atoms. The van der Waals surface area contributed by atoms with Gasteiger partial charge in [0.25, 0.3) is 15.9 Å². The lowest BCUT2D eigenvalue weighted by Gasteiger charge is -2.32. The summed E-state index contributed by atoms with van der Waals surface area (Å²) in [5.74, 6) is 0.786. The molecule has 8 nitrogen and oxygen atoms in total. The molecule has 4 rings (SSSR count). The topological polar surface area (TPSA) is 94.2 Å². The average molecular weight is 461 g/mol. The van der Waals surface area contributed by atoms with Crippen LogP contribution >= 0.6 is 0 Å². The number of likely N-dealkylation sites (tertiary alicyclic amines) is 1. The molecule has 9 heteroatoms. The van der Waals surface area contributed by atoms with Gasteiger partial charge in [0, 0.05) is 37.0 Å². The second-order valence-electron chi connectivity index (χ2n) is 7.88. The number of nitrogens with zero attached hydrogens (tertiary/aromatic N) is 1. The van der Waals surface area contributed by atoms with Gasteiger partial charge >= 0.3 is 0 Å². The van der Waals surface area contributed by atoms with Gasteiger partial charge in [-0.1, -0.05) is 13.0 Å². The van der Waals surface area contributed by atoms with Crippen molar-refractivity contribution in [2.24, 2.45) is 0 Å². The monoisotopic (exact) mass is 460 g/mol. The molecule has 1 N–H and O–H groups in total. The van der Waals surface area contributed by atoms with Gasteiger partial charge in [-0.25, -0.2) is 8.42 Å². The van der Waals surface area contributed by atoms with E-state index in [0.29, 0.717) is 55.7 Å². The van der Waals surface area contributed by atoms with Crippen molar-refractivity contribution in [1.29, 1.82) is 0 Å². The lowest BCUT2D eigenvalue weighted by atomic mass is 10.1. The first-order chi connectivity index (χ1) is 15.5. The Balaban J connectivity index is 1.47. The summed E-state index contributed by atoms with van der Waals surface area (Å²) in [7, 11) is -3.86. The zero-order valence-corrected chi connectivity index (χ0v) is 18.9. The maximum absolute atomic E-state index is 13.0. The van der Waals surface area contributed by atoms with Crippen molar-refractivity contribution >= 4 is 21.6 Å². The number of carbonyl (C=O) groups is 1. The normalized spacial score (nSPS) is 18.3. The predicted molar refractivity (Wildman–Crippen MR) is 120 cm³/mol. The lowest BCUT2D eigenvalue weighted by molar-refractivity contribution is 0.00211. The molecule has 0 saturated carbocycles. The highest BCUT2D eigenvalue weighted by atomic mass is 32.2. The lowest BCUT2D eigenvalue weighted by Crippen LogP contribution is -2.43. The molecule has 2 aliphatic rings. The molecule has 1 saturated heterocycles. The van der Waals surface area contributed by atoms with Gasteiger partial charge in [-0.05, 0) is 49.6 Å². The van der Waals surface area contributed by atoms with Crippen molar-refractivity contribution in [3.63, 3.8) is 0 Å². The third kappa shape index (κ3) is 5.16. The minimum Gasteiger partial charge on any atom is -0.486 e. The van der Waals surface area contributed by atoms with E-state index in [2.05, 4.69) is 11.6 Å². The number of anilines is 1. The van der Waals surface area contributed by atoms with Crippen LogP contribution in [0.5, 0.6) is 11.5 Å². The van der Waals surface area contributed by atoms with Crippen LogP contribution in [0.1, 0.15) is 36.5 Å². The summed E-state index contributed by atoms with van der Waals surface area (Å²) in [6.45, 7) is 4.76. The highest BCUT2D eigenvalue weighted by Gasteiger charge is 2.25. The predicted octanol–water partition coefficient (Wildman–Crippen LogP) is 3.29. The van der Waals surface area contributed by atoms with Crippen molar-refractivity contribution in [3.8, 4) is 11.5 Å². The number of carbonyl (C=O) groups excluding carboxylic acids is 1. The first-order valence-electron chi connectivity index (χ1n) is 10.9. The highest BCUT2D eigenvalue weighted by molar-refractivity contribution is 7.92. The van der Waals surface area contributed by atoms with Gasteiger partial charge in [0.15, 0.2) is 11.5 Å². The van der Waals surface area contributed by atoms with Gasteiger partial charge in [0.05, 0.1) is 11.0 Å². The fraction of sp³-hybridized carbons (Fsp3) is 0.435. The largest absolute Gasteiger partial charge is 0.486 e. The van der Waals surface area contributed by atoms with E-state index in [4.69, 9.17) is 14.2 Å². The minimum atomic E-state index is -3.86. The quantitative estimate of drug-likeness (QED) is 0.682. The number of sulfonamides is 1. The molecule has 2 aromatic carbocycles. The van der Waals surface area contributed by atoms with Crippen molar-refractivity contribution in [3.05, 3.63) is 48.0 Å². The Kier molecular flexibility index (Phi) is 6.86. The fourth-order valence-electron chi connectivity index (χ4n) is 3.85. The summed E-state index contributed by atoms with van der Waals surface area (Å²) in [6, 6.07) is 11.0. The Morgan fingerprint density at radius 2 is 1.97 bits per heavy atom. The summed E-state index contributed by atoms with van der Waals surface area (Å²) in [5.41, 5.74) is 0.755. The van der Waals surface area contributed by atoms with Crippen LogP contribution in [0.4, 0.5) is 5.69 Å². The van der Waals surface area contributed by atoms with Gasteiger partial charge < -0.3 is 19.1 Å². The zero-order valence-electron chi connectivity index (χ0n) is 18.1. The smallest absolute Gasteiger partial charge is 0.262 e. The second-order valence-corrected chi connectivity index (χ2v) is 9.56. The van der Waals surface area contributed by atoms with E-state index in [0.717, 1.165) is 19.3 Å². The maximum Gasteiger partial charge on any atom is 0.262 e. The SMILES string of the molecule is CCCOC1CCCN(C(=O)c2cccc(NS(=O)(=O)c3ccc4c(c3)OCCO4)c2)C1. The minimum absolute atomic E-state index is 0.0459. The fourth-order valence-corrected chi connectivity index (χ4v) is 4.91. The van der Waals surface area contributed by atoms with E-state index in [1.165, 1.54) is 12.1 Å². The molecule has 172 valence electrons. The Hall–Kier alpha value is -2.78. The molecule has 1 amide bonds. The van der Waals surface area contributed by atoms with Crippen molar-refractivity contribution in [2.75, 3.05) is 37.6 Å². The van der Waals surface area contributed by atoms with Crippen molar-refractivity contribution in [1.82, 2.24) is 4.90 Å². The Labute approximate surface area is 188 Å². The summed E-state index contributed by atoms with van der Waals surface area (Å²) >= 11 is 0. The van der Waals surface area contributed by atoms with E-state index < -0.39 is 10.0 Å². The van der Waals surface area contributed by atoms with Gasteiger partial charge in [-0.15, -0.1) is 0 Å². The third-order valence-electron chi connectivity index (χ3n) is 5.41. The van der Waals surface area contributed by atoms with E-state index in [-0.39, 0.29) is 16.9 Å². The number of ether oxygens (including phenoxy) is 3. The molecule has 32 heavy (non-hydrogen) atoms. The second kappa shape index (κ2) is 9.79. The molecule has 0 aromatic heterocycles. The summed E-state index contributed by atoms with van der Waals surface area (Å²) in [4.78, 5) is 14.9. The zero-order chi connectivity index (χ0) is 22.6. The molecule has 0 aliphatic carbocycles. The molecular formula is C23H28N2O6S. The molecule has 2 aromatic rings. The van der Waals surface area contributed by atoms with Crippen molar-refractivity contribution in [2.45, 2.75) is 37.2 Å². The average Bonchev–Trinajstić information content (AvgIpc) is 2.82. The number of hydrogen-bond acceptors (Lipinski definition) is 6. The standard InChI is InChI=1S/C23H28N2O6S/c1-2-11-29-19-7-4-10-25(16-19)23(26)17-5-3-6-18(14-17)24-32(27,28)20-8-9-21-22(15-20)31-13-12-30-21/h3,5-6,8-9,14-15,19,24H,2,4,7,10-13,16H2,1H3. The number of piperidine rings is 1. The number of fused-ring (bicyclic) bond motifs is 1. The number of amides is 1. The molecule has 2 heterocycles. The highest BCUT2D eigenvalue weighted by Crippen LogP contribution is 2.32. The van der Waals surface area contributed by atoms with E-state index >= 15 is 0 Å². The Bertz CT molecular complexity index is 1070. The van der Waals surface area contributed by atoms with Crippen LogP contribution in [0, 0.1) is 0 Å². The van der Waals surface area contributed by atoms with E-state index in [1.54, 1.807) is 35.2 Å². The summed E-state index contributed by atoms with van der Waals surface area (Å²) in [5, 5.41) is 0. The molecule has 2 aliphatic heterocycles. The summed E-state index contributed by atoms with van der Waals surface area (Å²) in [6.07, 6.45) is 2.82. The summed E-state index contributed by atoms with van der Waals surface area (Å²) < 4.78 is 45.1. The number of rotatable bonds is 7. The third-order valence-corrected chi connectivity index (χ3v) is 6.79. The van der Waals surface area contributed by atoms with Crippen LogP contribution in [0.25, 0.3) is 0 Å². The van der Waals surface area contributed by atoms with Crippen LogP contribution in [-0.4, -0.2) is 58.2 Å². The van der Waals surface area contributed by atoms with Crippen LogP contribution in [0.3, 0.4) is 0 Å². The van der Waals surface area contributed by atoms with Crippen LogP contribution < -0.4 is 14.2 Å². The van der Waals surface area contributed by atoms with Gasteiger partial charge in [-0.2, -0.15) is 0 Å². The van der Waals surface area contributed by atoms with Gasteiger partial charge in [-0.3, -0.25) is 9.52 Å². The number of hydrogen-bond donors (Lipinski definition) is 1. The molecule has 1 fully saturated rings. The maximum atomic E-state index is 13.0. The van der Waals surface area contributed by atoms with Gasteiger partial charge in [0.2, 0.25) is 0 Å². The number of nitrogens with one attached hydrogen (secondary N) is 1. The van der Waals surface area contributed by atoms with Crippen LogP contribution in [0.2, 0.25) is 0 Å². The van der Waals surface area contributed by atoms with E-state index in [1.807, 2.05) is 0 Å². The van der Waals surface area contributed by atoms with Crippen LogP contribution in [-0.2, 0) is 14.8 Å². The van der Waals surface area contributed by atoms with Gasteiger partial charge in [0.1, 0.15) is 13.2 Å². The molecule has 0 bridgehead atoms. The molecular weight excluding hydrogens is 432 g/mol. The first kappa shape index (κ1) is 22.4. The van der Waals surface area contributed by atoms with E-state index in [9.17, 15) is 13.2 Å². The number of benzene rings is 2. The first-order valence-corrected chi connectivity index (χ1v) is 12.4.